The third-order valence-corrected chi connectivity index (χ3v) is 5.18. The number of benzene rings is 1. The quantitative estimate of drug-likeness (QED) is 0.538. The Labute approximate surface area is 162 Å². The van der Waals surface area contributed by atoms with Gasteiger partial charge in [-0.15, -0.1) is 0 Å². The van der Waals surface area contributed by atoms with Crippen molar-refractivity contribution < 1.29 is 35.3 Å². The molecule has 0 aliphatic carbocycles. The normalized spacial score (nSPS) is 16.7. The molecular formula is C18H24F3NO5S. The van der Waals surface area contributed by atoms with E-state index in [1.165, 1.54) is 12.1 Å². The minimum atomic E-state index is -5.67. The van der Waals surface area contributed by atoms with Crippen molar-refractivity contribution in [2.45, 2.75) is 51.1 Å². The maximum absolute atomic E-state index is 12.3. The van der Waals surface area contributed by atoms with E-state index in [-0.39, 0.29) is 11.8 Å². The van der Waals surface area contributed by atoms with Crippen LogP contribution >= 0.6 is 0 Å². The highest BCUT2D eigenvalue weighted by molar-refractivity contribution is 7.88. The number of amides is 1. The summed E-state index contributed by atoms with van der Waals surface area (Å²) in [5.41, 5.74) is -5.15. The molecule has 0 aromatic heterocycles. The third kappa shape index (κ3) is 6.29. The van der Waals surface area contributed by atoms with Gasteiger partial charge < -0.3 is 13.8 Å². The first-order valence-corrected chi connectivity index (χ1v) is 10.3. The summed E-state index contributed by atoms with van der Waals surface area (Å²) in [6.07, 6.45) is 1.90. The average Bonchev–Trinajstić information content (AvgIpc) is 2.54. The van der Waals surface area contributed by atoms with Crippen LogP contribution in [0.2, 0.25) is 0 Å². The van der Waals surface area contributed by atoms with Crippen LogP contribution in [0.5, 0.6) is 5.75 Å². The van der Waals surface area contributed by atoms with E-state index < -0.39 is 21.2 Å². The summed E-state index contributed by atoms with van der Waals surface area (Å²) in [5.74, 6) is -0.0785. The van der Waals surface area contributed by atoms with Crippen molar-refractivity contribution in [1.82, 2.24) is 4.90 Å². The van der Waals surface area contributed by atoms with Gasteiger partial charge in [-0.1, -0.05) is 12.1 Å². The van der Waals surface area contributed by atoms with Crippen LogP contribution in [0.3, 0.4) is 0 Å². The number of halogens is 3. The van der Waals surface area contributed by atoms with E-state index in [1.54, 1.807) is 17.0 Å². The highest BCUT2D eigenvalue weighted by atomic mass is 32.2. The number of carbonyl (C=O) groups excluding carboxylic acids is 1. The summed E-state index contributed by atoms with van der Waals surface area (Å²) < 4.78 is 68.5. The molecule has 10 heteroatoms. The molecule has 1 fully saturated rings. The second-order valence-electron chi connectivity index (χ2n) is 7.74. The molecule has 1 aliphatic rings. The molecule has 0 spiro atoms. The van der Waals surface area contributed by atoms with Crippen LogP contribution in [-0.4, -0.2) is 43.6 Å². The molecule has 0 saturated carbocycles. The Hall–Kier alpha value is -1.97. The van der Waals surface area contributed by atoms with Crippen molar-refractivity contribution in [3.63, 3.8) is 0 Å². The standard InChI is InChI=1S/C18H24F3NO5S/c1-17(2,3)26-16(23)22-10-8-14(9-11-22)12-13-4-6-15(7-5-13)27-28(24,25)18(19,20)21/h4-7,14H,8-12H2,1-3H3. The Balaban J connectivity index is 1.87. The molecule has 0 N–H and O–H groups in total. The Bertz CT molecular complexity index is 777. The molecule has 1 saturated heterocycles. The largest absolute Gasteiger partial charge is 0.534 e. The third-order valence-electron chi connectivity index (χ3n) is 4.20. The van der Waals surface area contributed by atoms with Crippen molar-refractivity contribution in [1.29, 1.82) is 0 Å². The number of hydrogen-bond acceptors (Lipinski definition) is 5. The molecule has 6 nitrogen and oxygen atoms in total. The lowest BCUT2D eigenvalue weighted by atomic mass is 9.90. The van der Waals surface area contributed by atoms with Crippen molar-refractivity contribution in [2.75, 3.05) is 13.1 Å². The van der Waals surface area contributed by atoms with Crippen LogP contribution in [0.25, 0.3) is 0 Å². The minimum absolute atomic E-state index is 0.310. The molecule has 0 atom stereocenters. The van der Waals surface area contributed by atoms with Crippen LogP contribution in [0, 0.1) is 5.92 Å². The van der Waals surface area contributed by atoms with Gasteiger partial charge in [0.25, 0.3) is 0 Å². The second kappa shape index (κ2) is 8.18. The number of piperidine rings is 1. The SMILES string of the molecule is CC(C)(C)OC(=O)N1CCC(Cc2ccc(OS(=O)(=O)C(F)(F)F)cc2)CC1. The number of rotatable bonds is 4. The Morgan fingerprint density at radius 2 is 1.64 bits per heavy atom. The van der Waals surface area contributed by atoms with Gasteiger partial charge in [-0.3, -0.25) is 0 Å². The molecule has 0 unspecified atom stereocenters. The first-order chi connectivity index (χ1) is 12.8. The fraction of sp³-hybridized carbons (Fsp3) is 0.611. The van der Waals surface area contributed by atoms with E-state index in [0.29, 0.717) is 25.4 Å². The predicted molar refractivity (Wildman–Crippen MR) is 96.3 cm³/mol. The monoisotopic (exact) mass is 423 g/mol. The van der Waals surface area contributed by atoms with E-state index in [0.717, 1.165) is 18.4 Å². The van der Waals surface area contributed by atoms with Crippen LogP contribution in [-0.2, 0) is 21.3 Å². The zero-order valence-electron chi connectivity index (χ0n) is 16.0. The van der Waals surface area contributed by atoms with Gasteiger partial charge in [-0.2, -0.15) is 21.6 Å². The van der Waals surface area contributed by atoms with Gasteiger partial charge in [-0.05, 0) is 63.6 Å². The summed E-state index contributed by atoms with van der Waals surface area (Å²) in [6.45, 7) is 6.58. The first kappa shape index (κ1) is 22.3. The number of hydrogen-bond donors (Lipinski definition) is 0. The van der Waals surface area contributed by atoms with Gasteiger partial charge in [-0.25, -0.2) is 4.79 Å². The van der Waals surface area contributed by atoms with Crippen LogP contribution in [0.1, 0.15) is 39.2 Å². The smallest absolute Gasteiger partial charge is 0.444 e. The second-order valence-corrected chi connectivity index (χ2v) is 9.28. The Kier molecular flexibility index (Phi) is 6.52. The van der Waals surface area contributed by atoms with E-state index in [2.05, 4.69) is 4.18 Å². The first-order valence-electron chi connectivity index (χ1n) is 8.84. The number of likely N-dealkylation sites (tertiary alicyclic amines) is 1. The summed E-state index contributed by atoms with van der Waals surface area (Å²) >= 11 is 0. The molecule has 2 rings (SSSR count). The summed E-state index contributed by atoms with van der Waals surface area (Å²) in [5, 5.41) is 0. The van der Waals surface area contributed by atoms with Crippen molar-refractivity contribution in [3.05, 3.63) is 29.8 Å². The van der Waals surface area contributed by atoms with E-state index in [1.807, 2.05) is 20.8 Å². The molecule has 1 amide bonds. The van der Waals surface area contributed by atoms with Crippen LogP contribution in [0.15, 0.2) is 24.3 Å². The zero-order valence-corrected chi connectivity index (χ0v) is 16.8. The molecule has 1 heterocycles. The predicted octanol–water partition coefficient (Wildman–Crippen LogP) is 4.10. The number of carbonyl (C=O) groups is 1. The Morgan fingerprint density at radius 1 is 1.11 bits per heavy atom. The molecule has 0 bridgehead atoms. The molecule has 0 radical (unpaired) electrons. The highest BCUT2D eigenvalue weighted by Gasteiger charge is 2.48. The van der Waals surface area contributed by atoms with E-state index in [4.69, 9.17) is 4.74 Å². The number of nitrogens with zero attached hydrogens (tertiary/aromatic N) is 1. The highest BCUT2D eigenvalue weighted by Crippen LogP contribution is 2.28. The minimum Gasteiger partial charge on any atom is -0.444 e. The molecule has 1 aromatic carbocycles. The molecule has 1 aliphatic heterocycles. The molecule has 1 aromatic rings. The van der Waals surface area contributed by atoms with Gasteiger partial charge in [0.2, 0.25) is 0 Å². The van der Waals surface area contributed by atoms with E-state index in [9.17, 15) is 26.4 Å². The van der Waals surface area contributed by atoms with Gasteiger partial charge in [0.05, 0.1) is 0 Å². The van der Waals surface area contributed by atoms with Crippen molar-refractivity contribution in [2.24, 2.45) is 5.92 Å². The van der Waals surface area contributed by atoms with Gasteiger partial charge >= 0.3 is 21.7 Å². The van der Waals surface area contributed by atoms with Gasteiger partial charge in [0.1, 0.15) is 11.4 Å². The molecule has 158 valence electrons. The topological polar surface area (TPSA) is 72.9 Å². The fourth-order valence-electron chi connectivity index (χ4n) is 2.83. The van der Waals surface area contributed by atoms with Crippen LogP contribution in [0.4, 0.5) is 18.0 Å². The zero-order chi connectivity index (χ0) is 21.2. The number of ether oxygens (including phenoxy) is 1. The lowest BCUT2D eigenvalue weighted by molar-refractivity contribution is -0.0500. The van der Waals surface area contributed by atoms with Crippen LogP contribution < -0.4 is 4.18 Å². The maximum atomic E-state index is 12.3. The maximum Gasteiger partial charge on any atom is 0.534 e. The Morgan fingerprint density at radius 3 is 2.11 bits per heavy atom. The average molecular weight is 423 g/mol. The lowest BCUT2D eigenvalue weighted by Gasteiger charge is -2.33. The summed E-state index contributed by atoms with van der Waals surface area (Å²) in [4.78, 5) is 13.7. The number of alkyl halides is 3. The fourth-order valence-corrected chi connectivity index (χ4v) is 3.29. The summed E-state index contributed by atoms with van der Waals surface area (Å²) in [7, 11) is -5.67. The molecule has 28 heavy (non-hydrogen) atoms. The lowest BCUT2D eigenvalue weighted by Crippen LogP contribution is -2.42. The van der Waals surface area contributed by atoms with E-state index >= 15 is 0 Å². The van der Waals surface area contributed by atoms with Crippen molar-refractivity contribution >= 4 is 16.2 Å². The van der Waals surface area contributed by atoms with Gasteiger partial charge in [0, 0.05) is 13.1 Å². The molecular weight excluding hydrogens is 399 g/mol. The van der Waals surface area contributed by atoms with Gasteiger partial charge in [0.15, 0.2) is 0 Å². The summed E-state index contributed by atoms with van der Waals surface area (Å²) in [6, 6.07) is 5.49. The van der Waals surface area contributed by atoms with Crippen molar-refractivity contribution in [3.8, 4) is 5.75 Å².